The standard InChI is InChI=1S/2C15H10BBrF2N2/c2*17-12-9-14-15(11-5-2-1-3-6-11)13-7-4-8-20(13)16(18,19)21(14)10-12/h2*1-10H. The maximum atomic E-state index is 14.7. The normalized spacial score (nSPS) is 18.5. The summed E-state index contributed by atoms with van der Waals surface area (Å²) in [4.78, 5) is 0. The van der Waals surface area contributed by atoms with Gasteiger partial charge in [-0.25, -0.2) is 0 Å². The van der Waals surface area contributed by atoms with Crippen molar-refractivity contribution in [2.45, 2.75) is 0 Å². The molecule has 0 N–H and O–H groups in total. The maximum absolute atomic E-state index is 14.7. The van der Waals surface area contributed by atoms with Crippen molar-refractivity contribution in [2.75, 3.05) is 0 Å². The molecule has 0 saturated heterocycles. The lowest BCUT2D eigenvalue weighted by molar-refractivity contribution is -0.357. The highest BCUT2D eigenvalue weighted by Gasteiger charge is 2.53. The van der Waals surface area contributed by atoms with Gasteiger partial charge in [0.15, 0.2) is 11.4 Å². The van der Waals surface area contributed by atoms with Gasteiger partial charge in [-0.3, -0.25) is 0 Å². The lowest BCUT2D eigenvalue weighted by atomic mass is 9.86. The van der Waals surface area contributed by atoms with Crippen LogP contribution in [0.3, 0.4) is 0 Å². The van der Waals surface area contributed by atoms with Crippen molar-refractivity contribution in [1.82, 2.24) is 8.96 Å². The van der Waals surface area contributed by atoms with Crippen LogP contribution in [0.2, 0.25) is 0 Å². The molecule has 4 nitrogen and oxygen atoms in total. The third kappa shape index (κ3) is 4.11. The maximum Gasteiger partial charge on any atom is 0.737 e. The molecule has 42 heavy (non-hydrogen) atoms. The van der Waals surface area contributed by atoms with Crippen molar-refractivity contribution in [3.8, 4) is 0 Å². The van der Waals surface area contributed by atoms with Crippen LogP contribution < -0.4 is 0 Å². The molecule has 4 aliphatic rings. The Morgan fingerprint density at radius 2 is 0.952 bits per heavy atom. The molecule has 208 valence electrons. The summed E-state index contributed by atoms with van der Waals surface area (Å²) in [7, 11) is 0. The van der Waals surface area contributed by atoms with Crippen LogP contribution in [0.1, 0.15) is 22.5 Å². The first-order valence-corrected chi connectivity index (χ1v) is 14.8. The van der Waals surface area contributed by atoms with Crippen LogP contribution in [0.15, 0.2) is 130 Å². The number of benzene rings is 2. The van der Waals surface area contributed by atoms with E-state index in [-0.39, 0.29) is 0 Å². The summed E-state index contributed by atoms with van der Waals surface area (Å²) in [6.45, 7) is -7.70. The monoisotopic (exact) mass is 692 g/mol. The van der Waals surface area contributed by atoms with E-state index in [1.54, 1.807) is 36.4 Å². The molecular weight excluding hydrogens is 674 g/mol. The summed E-state index contributed by atoms with van der Waals surface area (Å²) in [5, 5.41) is 0. The molecule has 0 amide bonds. The molecule has 0 unspecified atom stereocenters. The molecule has 0 saturated carbocycles. The molecular formula is C30H20B2Br2F4N4. The van der Waals surface area contributed by atoms with Crippen LogP contribution in [-0.4, -0.2) is 44.3 Å². The first-order chi connectivity index (χ1) is 20.2. The second-order valence-electron chi connectivity index (χ2n) is 10.2. The number of hydrogen-bond acceptors (Lipinski definition) is 0. The number of allylic oxidation sites excluding steroid dienone is 4. The zero-order valence-corrected chi connectivity index (χ0v) is 24.9. The first-order valence-electron chi connectivity index (χ1n) is 13.2. The lowest BCUT2D eigenvalue weighted by Crippen LogP contribution is -2.49. The van der Waals surface area contributed by atoms with Crippen LogP contribution in [0.5, 0.6) is 0 Å². The highest BCUT2D eigenvalue weighted by Crippen LogP contribution is 2.41. The summed E-state index contributed by atoms with van der Waals surface area (Å²) in [6, 6.07) is 22.7. The van der Waals surface area contributed by atoms with Gasteiger partial charge < -0.3 is 35.2 Å². The fourth-order valence-electron chi connectivity index (χ4n) is 5.89. The van der Waals surface area contributed by atoms with E-state index >= 15 is 0 Å². The van der Waals surface area contributed by atoms with E-state index in [2.05, 4.69) is 31.9 Å². The fourth-order valence-corrected chi connectivity index (χ4v) is 6.77. The van der Waals surface area contributed by atoms with Crippen molar-refractivity contribution in [3.05, 3.63) is 152 Å². The van der Waals surface area contributed by atoms with Gasteiger partial charge in [0.1, 0.15) is 12.4 Å². The second-order valence-corrected chi connectivity index (χ2v) is 12.0. The van der Waals surface area contributed by atoms with E-state index in [4.69, 9.17) is 0 Å². The van der Waals surface area contributed by atoms with Crippen molar-refractivity contribution in [1.29, 1.82) is 0 Å². The van der Waals surface area contributed by atoms with E-state index < -0.39 is 13.9 Å². The van der Waals surface area contributed by atoms with Gasteiger partial charge in [-0.05, 0) is 67.5 Å². The van der Waals surface area contributed by atoms with E-state index in [1.807, 2.05) is 60.7 Å². The Kier molecular flexibility index (Phi) is 6.32. The van der Waals surface area contributed by atoms with Crippen molar-refractivity contribution < 1.29 is 26.2 Å². The van der Waals surface area contributed by atoms with Gasteiger partial charge >= 0.3 is 13.9 Å². The highest BCUT2D eigenvalue weighted by molar-refractivity contribution is 9.10. The van der Waals surface area contributed by atoms with Crippen LogP contribution in [-0.2, 0) is 0 Å². The Morgan fingerprint density at radius 3 is 1.33 bits per heavy atom. The molecule has 0 spiro atoms. The van der Waals surface area contributed by atoms with Crippen LogP contribution in [0, 0.1) is 0 Å². The van der Waals surface area contributed by atoms with Gasteiger partial charge in [0.05, 0.1) is 11.1 Å². The minimum Gasteiger partial charge on any atom is -0.395 e. The molecule has 0 bridgehead atoms. The zero-order chi connectivity index (χ0) is 29.2. The minimum absolute atomic E-state index is 0.532. The molecule has 0 atom stereocenters. The number of hydrogen-bond donors (Lipinski definition) is 0. The summed E-state index contributed by atoms with van der Waals surface area (Å²) in [5.41, 5.74) is 5.64. The van der Waals surface area contributed by atoms with E-state index in [0.29, 0.717) is 31.7 Å². The Bertz CT molecular complexity index is 1810. The second kappa shape index (κ2) is 9.84. The summed E-state index contributed by atoms with van der Waals surface area (Å²) in [5.74, 6) is 0. The summed E-state index contributed by atoms with van der Waals surface area (Å²) in [6.07, 6.45) is 12.6. The van der Waals surface area contributed by atoms with Crippen molar-refractivity contribution in [3.63, 3.8) is 0 Å². The topological polar surface area (TPSA) is 15.9 Å². The number of halogens is 6. The van der Waals surface area contributed by atoms with E-state index in [0.717, 1.165) is 40.2 Å². The Labute approximate surface area is 256 Å². The molecule has 8 rings (SSSR count). The Morgan fingerprint density at radius 1 is 0.571 bits per heavy atom. The van der Waals surface area contributed by atoms with E-state index in [1.165, 1.54) is 24.8 Å². The Balaban J connectivity index is 0.000000137. The molecule has 12 heteroatoms. The first kappa shape index (κ1) is 27.0. The number of rotatable bonds is 2. The number of aromatic nitrogens is 2. The third-order valence-corrected chi connectivity index (χ3v) is 8.54. The smallest absolute Gasteiger partial charge is 0.395 e. The predicted molar refractivity (Wildman–Crippen MR) is 167 cm³/mol. The Hall–Kier alpha value is -3.89. The van der Waals surface area contributed by atoms with Gasteiger partial charge in [-0.2, -0.15) is 0 Å². The van der Waals surface area contributed by atoms with Gasteiger partial charge in [0, 0.05) is 44.6 Å². The van der Waals surface area contributed by atoms with Crippen molar-refractivity contribution >= 4 is 69.4 Å². The van der Waals surface area contributed by atoms with Gasteiger partial charge in [-0.15, -0.1) is 0 Å². The zero-order valence-electron chi connectivity index (χ0n) is 21.8. The van der Waals surface area contributed by atoms with Crippen molar-refractivity contribution in [2.24, 2.45) is 0 Å². The summed E-state index contributed by atoms with van der Waals surface area (Å²) < 4.78 is 64.3. The van der Waals surface area contributed by atoms with Crippen LogP contribution in [0.4, 0.5) is 17.3 Å². The number of fused-ring (bicyclic) bond motifs is 4. The van der Waals surface area contributed by atoms with Crippen LogP contribution >= 0.6 is 31.9 Å². The largest absolute Gasteiger partial charge is 0.737 e. The van der Waals surface area contributed by atoms with Crippen LogP contribution in [0.25, 0.3) is 11.1 Å². The fraction of sp³-hybridized carbons (Fsp3) is 0. The van der Waals surface area contributed by atoms with Gasteiger partial charge in [0.2, 0.25) is 0 Å². The molecule has 2 aromatic carbocycles. The highest BCUT2D eigenvalue weighted by atomic mass is 79.9. The molecule has 6 heterocycles. The molecule has 4 aromatic rings. The van der Waals surface area contributed by atoms with Gasteiger partial charge in [-0.1, -0.05) is 60.7 Å². The van der Waals surface area contributed by atoms with Gasteiger partial charge in [0.25, 0.3) is 0 Å². The quantitative estimate of drug-likeness (QED) is 0.151. The molecule has 0 radical (unpaired) electrons. The molecule has 0 aliphatic carbocycles. The summed E-state index contributed by atoms with van der Waals surface area (Å²) >= 11 is 6.62. The average molecular weight is 694 g/mol. The number of nitrogens with zero attached hydrogens (tertiary/aromatic N) is 4. The molecule has 0 fully saturated rings. The predicted octanol–water partition coefficient (Wildman–Crippen LogP) is 7.80. The molecule has 2 aromatic heterocycles. The average Bonchev–Trinajstić information content (AvgIpc) is 3.78. The lowest BCUT2D eigenvalue weighted by Gasteiger charge is -2.30. The third-order valence-electron chi connectivity index (χ3n) is 7.68. The SMILES string of the molecule is F[B-]1(F)n2cc(Br)cc2C(c2ccccc2)=C2C=CC=[N+]21.F[B-]1(F)n2cc(Br)cc2C(c2ccccc2)=C2C=CC=[N+]21. The minimum atomic E-state index is -3.85. The molecule has 4 aliphatic heterocycles. The van der Waals surface area contributed by atoms with E-state index in [9.17, 15) is 17.3 Å².